The number of carbonyl (C=O) groups is 2. The number of nitrogens with one attached hydrogen (secondary N) is 2. The number of ether oxygens (including phenoxy) is 1. The molecule has 2 N–H and O–H groups in total. The lowest BCUT2D eigenvalue weighted by molar-refractivity contribution is 0.0635. The highest BCUT2D eigenvalue weighted by Crippen LogP contribution is 2.18. The minimum Gasteiger partial charge on any atom is -0.444 e. The monoisotopic (exact) mass is 337 g/mol. The Hall–Kier alpha value is -2.48. The molecule has 0 aliphatic rings. The summed E-state index contributed by atoms with van der Waals surface area (Å²) in [7, 11) is 0. The molecular formula is C15H16FN3O3S. The van der Waals surface area contributed by atoms with Crippen LogP contribution in [0, 0.1) is 5.82 Å². The number of nitrogens with zero attached hydrogens (tertiary/aromatic N) is 1. The molecule has 0 radical (unpaired) electrons. The lowest BCUT2D eigenvalue weighted by atomic mass is 10.2. The van der Waals surface area contributed by atoms with Crippen LogP contribution in [0.5, 0.6) is 0 Å². The summed E-state index contributed by atoms with van der Waals surface area (Å²) < 4.78 is 18.2. The largest absolute Gasteiger partial charge is 0.444 e. The molecule has 0 bridgehead atoms. The van der Waals surface area contributed by atoms with Gasteiger partial charge in [0.1, 0.15) is 17.1 Å². The number of aromatic nitrogens is 1. The van der Waals surface area contributed by atoms with Crippen LogP contribution in [0.3, 0.4) is 0 Å². The number of hydrogen-bond acceptors (Lipinski definition) is 5. The molecule has 8 heteroatoms. The first-order valence-corrected chi connectivity index (χ1v) is 7.63. The Labute approximate surface area is 136 Å². The summed E-state index contributed by atoms with van der Waals surface area (Å²) in [6, 6.07) is 5.53. The lowest BCUT2D eigenvalue weighted by Crippen LogP contribution is -2.27. The fraction of sp³-hybridized carbons (Fsp3) is 0.267. The number of halogens is 1. The second kappa shape index (κ2) is 6.74. The molecule has 1 aromatic heterocycles. The number of carbonyl (C=O) groups excluding carboxylic acids is 2. The highest BCUT2D eigenvalue weighted by Gasteiger charge is 2.18. The van der Waals surface area contributed by atoms with Crippen molar-refractivity contribution < 1.29 is 18.7 Å². The minimum absolute atomic E-state index is 0.116. The summed E-state index contributed by atoms with van der Waals surface area (Å²) in [4.78, 5) is 27.6. The van der Waals surface area contributed by atoms with Crippen molar-refractivity contribution in [1.29, 1.82) is 0 Å². The van der Waals surface area contributed by atoms with Crippen LogP contribution in [-0.2, 0) is 4.74 Å². The second-order valence-electron chi connectivity index (χ2n) is 5.63. The summed E-state index contributed by atoms with van der Waals surface area (Å²) in [5, 5.41) is 6.71. The van der Waals surface area contributed by atoms with Crippen molar-refractivity contribution in [2.24, 2.45) is 0 Å². The number of benzene rings is 1. The lowest BCUT2D eigenvalue weighted by Gasteiger charge is -2.18. The topological polar surface area (TPSA) is 80.3 Å². The maximum Gasteiger partial charge on any atom is 0.413 e. The van der Waals surface area contributed by atoms with Crippen molar-refractivity contribution in [3.63, 3.8) is 0 Å². The fourth-order valence-corrected chi connectivity index (χ4v) is 2.26. The van der Waals surface area contributed by atoms with Crippen LogP contribution in [-0.4, -0.2) is 22.6 Å². The summed E-state index contributed by atoms with van der Waals surface area (Å²) in [5.41, 5.74) is -0.186. The smallest absolute Gasteiger partial charge is 0.413 e. The predicted molar refractivity (Wildman–Crippen MR) is 86.3 cm³/mol. The Kier molecular flexibility index (Phi) is 4.95. The number of anilines is 2. The average Bonchev–Trinajstić information content (AvgIpc) is 2.84. The van der Waals surface area contributed by atoms with Crippen LogP contribution < -0.4 is 10.6 Å². The highest BCUT2D eigenvalue weighted by molar-refractivity contribution is 7.14. The van der Waals surface area contributed by atoms with Gasteiger partial charge in [0.05, 0.1) is 0 Å². The van der Waals surface area contributed by atoms with Crippen molar-refractivity contribution in [1.82, 2.24) is 4.98 Å². The zero-order chi connectivity index (χ0) is 17.0. The number of rotatable bonds is 3. The van der Waals surface area contributed by atoms with Crippen molar-refractivity contribution in [2.75, 3.05) is 10.6 Å². The molecule has 0 spiro atoms. The second-order valence-corrected chi connectivity index (χ2v) is 6.49. The van der Waals surface area contributed by atoms with E-state index in [4.69, 9.17) is 4.74 Å². The molecule has 0 aliphatic heterocycles. The molecule has 122 valence electrons. The Morgan fingerprint density at radius 3 is 2.65 bits per heavy atom. The molecule has 0 saturated carbocycles. The Morgan fingerprint density at radius 2 is 2.00 bits per heavy atom. The minimum atomic E-state index is -0.649. The van der Waals surface area contributed by atoms with E-state index in [9.17, 15) is 14.0 Å². The molecule has 1 heterocycles. The van der Waals surface area contributed by atoms with Gasteiger partial charge in [-0.15, -0.1) is 11.3 Å². The van der Waals surface area contributed by atoms with Gasteiger partial charge in [-0.2, -0.15) is 0 Å². The van der Waals surface area contributed by atoms with Gasteiger partial charge < -0.3 is 10.1 Å². The molecule has 0 saturated heterocycles. The first kappa shape index (κ1) is 16.9. The van der Waals surface area contributed by atoms with E-state index in [1.807, 2.05) is 0 Å². The molecule has 6 nitrogen and oxygen atoms in total. The average molecular weight is 337 g/mol. The van der Waals surface area contributed by atoms with E-state index in [2.05, 4.69) is 15.6 Å². The van der Waals surface area contributed by atoms with Gasteiger partial charge >= 0.3 is 6.09 Å². The Bertz CT molecular complexity index is 725. The van der Waals surface area contributed by atoms with Gasteiger partial charge in [-0.1, -0.05) is 6.07 Å². The van der Waals surface area contributed by atoms with E-state index in [-0.39, 0.29) is 10.8 Å². The number of amides is 2. The third-order valence-corrected chi connectivity index (χ3v) is 3.18. The molecule has 23 heavy (non-hydrogen) atoms. The molecule has 2 rings (SSSR count). The maximum absolute atomic E-state index is 13.1. The van der Waals surface area contributed by atoms with Crippen molar-refractivity contribution in [2.45, 2.75) is 26.4 Å². The summed E-state index contributed by atoms with van der Waals surface area (Å²) in [6.07, 6.45) is -0.649. The SMILES string of the molecule is CC(C)(C)OC(=O)Nc1nc(C(=O)Nc2cccc(F)c2)cs1. The molecule has 2 amide bonds. The number of hydrogen-bond donors (Lipinski definition) is 2. The van der Waals surface area contributed by atoms with E-state index in [0.717, 1.165) is 11.3 Å². The molecule has 0 aliphatic carbocycles. The van der Waals surface area contributed by atoms with Gasteiger partial charge in [0.15, 0.2) is 5.13 Å². The molecule has 2 aromatic rings. The highest BCUT2D eigenvalue weighted by atomic mass is 32.1. The van der Waals surface area contributed by atoms with Gasteiger partial charge in [-0.3, -0.25) is 10.1 Å². The van der Waals surface area contributed by atoms with Gasteiger partial charge in [0.25, 0.3) is 5.91 Å². The van der Waals surface area contributed by atoms with Crippen LogP contribution in [0.15, 0.2) is 29.6 Å². The van der Waals surface area contributed by atoms with Crippen LogP contribution in [0.4, 0.5) is 20.0 Å². The van der Waals surface area contributed by atoms with Gasteiger partial charge in [-0.25, -0.2) is 14.2 Å². The molecule has 0 atom stereocenters. The number of thiazole rings is 1. The van der Waals surface area contributed by atoms with E-state index >= 15 is 0 Å². The summed E-state index contributed by atoms with van der Waals surface area (Å²) in [5.74, 6) is -0.947. The van der Waals surface area contributed by atoms with Crippen LogP contribution >= 0.6 is 11.3 Å². The van der Waals surface area contributed by atoms with E-state index in [1.54, 1.807) is 26.8 Å². The van der Waals surface area contributed by atoms with Crippen LogP contribution in [0.1, 0.15) is 31.3 Å². The standard InChI is InChI=1S/C15H16FN3O3S/c1-15(2,3)22-14(21)19-13-18-11(8-23-13)12(20)17-10-6-4-5-9(16)7-10/h4-8H,1-3H3,(H,17,20)(H,18,19,21). The van der Waals surface area contributed by atoms with Crippen molar-refractivity contribution in [3.8, 4) is 0 Å². The fourth-order valence-electron chi connectivity index (χ4n) is 1.59. The molecule has 0 unspecified atom stereocenters. The third-order valence-electron chi connectivity index (χ3n) is 2.43. The zero-order valence-electron chi connectivity index (χ0n) is 12.8. The Balaban J connectivity index is 1.98. The first-order chi connectivity index (χ1) is 10.7. The molecule has 1 aromatic carbocycles. The maximum atomic E-state index is 13.1. The van der Waals surface area contributed by atoms with Gasteiger partial charge in [0, 0.05) is 11.1 Å². The summed E-state index contributed by atoms with van der Waals surface area (Å²) >= 11 is 1.09. The van der Waals surface area contributed by atoms with E-state index in [0.29, 0.717) is 5.69 Å². The first-order valence-electron chi connectivity index (χ1n) is 6.75. The quantitative estimate of drug-likeness (QED) is 0.890. The normalized spacial score (nSPS) is 11.0. The molecule has 0 fully saturated rings. The molecular weight excluding hydrogens is 321 g/mol. The van der Waals surface area contributed by atoms with Gasteiger partial charge in [0.2, 0.25) is 0 Å². The van der Waals surface area contributed by atoms with Gasteiger partial charge in [-0.05, 0) is 39.0 Å². The van der Waals surface area contributed by atoms with E-state index < -0.39 is 23.4 Å². The van der Waals surface area contributed by atoms with Crippen molar-refractivity contribution in [3.05, 3.63) is 41.2 Å². The summed E-state index contributed by atoms with van der Waals surface area (Å²) in [6.45, 7) is 5.23. The van der Waals surface area contributed by atoms with Crippen LogP contribution in [0.2, 0.25) is 0 Å². The van der Waals surface area contributed by atoms with Crippen molar-refractivity contribution >= 4 is 34.2 Å². The van der Waals surface area contributed by atoms with E-state index in [1.165, 1.54) is 23.6 Å². The van der Waals surface area contributed by atoms with Crippen LogP contribution in [0.25, 0.3) is 0 Å². The third kappa shape index (κ3) is 5.33. The zero-order valence-corrected chi connectivity index (χ0v) is 13.7. The Morgan fingerprint density at radius 1 is 1.26 bits per heavy atom. The predicted octanol–water partition coefficient (Wildman–Crippen LogP) is 3.88.